The van der Waals surface area contributed by atoms with Crippen LogP contribution in [-0.4, -0.2) is 70.1 Å². The summed E-state index contributed by atoms with van der Waals surface area (Å²) in [6.45, 7) is 2.47. The van der Waals surface area contributed by atoms with Gasteiger partial charge >= 0.3 is 5.97 Å². The number of aliphatic hydroxyl groups is 1. The van der Waals surface area contributed by atoms with Crippen molar-refractivity contribution in [2.75, 3.05) is 25.1 Å². The van der Waals surface area contributed by atoms with Gasteiger partial charge in [-0.2, -0.15) is 0 Å². The molecule has 3 aliphatic heterocycles. The quantitative estimate of drug-likeness (QED) is 0.256. The summed E-state index contributed by atoms with van der Waals surface area (Å²) in [5, 5.41) is 14.2. The molecule has 6 atom stereocenters. The highest BCUT2D eigenvalue weighted by Gasteiger charge is 2.76. The van der Waals surface area contributed by atoms with Crippen molar-refractivity contribution in [3.63, 3.8) is 0 Å². The van der Waals surface area contributed by atoms with E-state index in [2.05, 4.69) is 21.2 Å². The molecule has 2 aromatic rings. The fourth-order valence-corrected chi connectivity index (χ4v) is 7.35. The van der Waals surface area contributed by atoms with Crippen molar-refractivity contribution < 1.29 is 29.0 Å². The fraction of sp³-hybridized carbons (Fsp3) is 0.536. The first-order valence-electron chi connectivity index (χ1n) is 13.1. The normalized spacial score (nSPS) is 30.1. The summed E-state index contributed by atoms with van der Waals surface area (Å²) in [7, 11) is 0. The Morgan fingerprint density at radius 3 is 2.68 bits per heavy atom. The minimum Gasteiger partial charge on any atom is -0.466 e. The second-order valence-corrected chi connectivity index (χ2v) is 11.3. The molecule has 2 N–H and O–H groups in total. The molecule has 2 amide bonds. The van der Waals surface area contributed by atoms with Gasteiger partial charge in [0.2, 0.25) is 11.8 Å². The minimum absolute atomic E-state index is 0.133. The largest absolute Gasteiger partial charge is 0.466 e. The van der Waals surface area contributed by atoms with Crippen LogP contribution in [0.2, 0.25) is 0 Å². The van der Waals surface area contributed by atoms with Gasteiger partial charge in [0, 0.05) is 23.7 Å². The van der Waals surface area contributed by atoms with E-state index in [0.717, 1.165) is 23.6 Å². The predicted octanol–water partition coefficient (Wildman–Crippen LogP) is 3.64. The number of ether oxygens (including phenoxy) is 2. The molecular formula is C28H33BrN2O6. The zero-order valence-electron chi connectivity index (χ0n) is 20.9. The summed E-state index contributed by atoms with van der Waals surface area (Å²) in [6.07, 6.45) is 3.01. The molecule has 37 heavy (non-hydrogen) atoms. The van der Waals surface area contributed by atoms with Crippen molar-refractivity contribution in [2.24, 2.45) is 11.8 Å². The number of amides is 2. The molecule has 3 aliphatic rings. The standard InChI is InChI=1S/C28H33BrN2O6/c1-2-36-27(35)21-22-26(34)31(13-7-3-4-8-14-32)24(28(22)16-20(29)23(21)37-28)25(33)30-19-12-11-17-9-5-6-10-18(17)15-19/h5-6,9-12,15,20-24,32H,2-4,7-8,13-14,16H2,1H3,(H,30,33)/t20?,21-,22+,23-,24-,28+/m0/s1. The van der Waals surface area contributed by atoms with Gasteiger partial charge in [0.05, 0.1) is 24.5 Å². The summed E-state index contributed by atoms with van der Waals surface area (Å²) in [5.74, 6) is -2.49. The number of hydrogen-bond acceptors (Lipinski definition) is 6. The van der Waals surface area contributed by atoms with Gasteiger partial charge in [-0.05, 0) is 49.1 Å². The molecule has 0 saturated carbocycles. The van der Waals surface area contributed by atoms with Crippen LogP contribution < -0.4 is 5.32 Å². The van der Waals surface area contributed by atoms with E-state index in [1.54, 1.807) is 11.8 Å². The van der Waals surface area contributed by atoms with Crippen LogP contribution in [-0.2, 0) is 23.9 Å². The third kappa shape index (κ3) is 4.55. The Morgan fingerprint density at radius 2 is 1.92 bits per heavy atom. The zero-order valence-corrected chi connectivity index (χ0v) is 22.5. The van der Waals surface area contributed by atoms with E-state index in [4.69, 9.17) is 14.6 Å². The third-order valence-corrected chi connectivity index (χ3v) is 8.77. The lowest BCUT2D eigenvalue weighted by atomic mass is 9.70. The van der Waals surface area contributed by atoms with E-state index in [9.17, 15) is 14.4 Å². The highest BCUT2D eigenvalue weighted by Crippen LogP contribution is 2.60. The Kier molecular flexibility index (Phi) is 7.56. The number of carbonyl (C=O) groups is 3. The molecule has 1 spiro atoms. The highest BCUT2D eigenvalue weighted by atomic mass is 79.9. The topological polar surface area (TPSA) is 105 Å². The summed E-state index contributed by atoms with van der Waals surface area (Å²) in [5.41, 5.74) is -0.455. The lowest BCUT2D eigenvalue weighted by Crippen LogP contribution is -2.54. The van der Waals surface area contributed by atoms with Crippen molar-refractivity contribution in [3.05, 3.63) is 42.5 Å². The lowest BCUT2D eigenvalue weighted by Gasteiger charge is -2.34. The Morgan fingerprint density at radius 1 is 1.16 bits per heavy atom. The molecule has 2 bridgehead atoms. The second-order valence-electron chi connectivity index (χ2n) is 10.1. The SMILES string of the molecule is CCOC(=O)[C@@H]1[C@H]2O[C@@]3(CC2Br)[C@H](C(=O)Nc2ccc4ccccc4c2)N(CCCCCCO)C(=O)[C@@H]13. The molecule has 5 rings (SSSR count). The number of nitrogens with one attached hydrogen (secondary N) is 1. The first-order valence-corrected chi connectivity index (χ1v) is 14.0. The predicted molar refractivity (Wildman–Crippen MR) is 142 cm³/mol. The molecule has 3 saturated heterocycles. The van der Waals surface area contributed by atoms with E-state index in [-0.39, 0.29) is 29.9 Å². The molecular weight excluding hydrogens is 540 g/mol. The van der Waals surface area contributed by atoms with Gasteiger partial charge in [-0.15, -0.1) is 0 Å². The van der Waals surface area contributed by atoms with Crippen molar-refractivity contribution in [3.8, 4) is 0 Å². The van der Waals surface area contributed by atoms with Crippen LogP contribution in [0.25, 0.3) is 10.8 Å². The van der Waals surface area contributed by atoms with Crippen molar-refractivity contribution in [1.29, 1.82) is 0 Å². The van der Waals surface area contributed by atoms with Gasteiger partial charge in [-0.3, -0.25) is 14.4 Å². The third-order valence-electron chi connectivity index (χ3n) is 7.92. The smallest absolute Gasteiger partial charge is 0.312 e. The molecule has 9 heteroatoms. The number of nitrogens with zero attached hydrogens (tertiary/aromatic N) is 1. The summed E-state index contributed by atoms with van der Waals surface area (Å²) in [4.78, 5) is 42.2. The average Bonchev–Trinajstić information content (AvgIpc) is 3.47. The van der Waals surface area contributed by atoms with Crippen molar-refractivity contribution >= 4 is 50.2 Å². The molecule has 0 radical (unpaired) electrons. The zero-order chi connectivity index (χ0) is 26.2. The maximum absolute atomic E-state index is 13.9. The summed E-state index contributed by atoms with van der Waals surface area (Å²) < 4.78 is 11.8. The number of hydrogen-bond donors (Lipinski definition) is 2. The van der Waals surface area contributed by atoms with Gasteiger partial charge in [-0.1, -0.05) is 59.1 Å². The Hall–Kier alpha value is -2.49. The number of halogens is 1. The monoisotopic (exact) mass is 572 g/mol. The maximum Gasteiger partial charge on any atom is 0.312 e. The van der Waals surface area contributed by atoms with Crippen LogP contribution in [0.15, 0.2) is 42.5 Å². The van der Waals surface area contributed by atoms with Crippen molar-refractivity contribution in [1.82, 2.24) is 4.90 Å². The Labute approximate surface area is 224 Å². The number of unbranched alkanes of at least 4 members (excludes halogenated alkanes) is 3. The molecule has 8 nitrogen and oxygen atoms in total. The van der Waals surface area contributed by atoms with Crippen LogP contribution in [0.5, 0.6) is 0 Å². The molecule has 3 fully saturated rings. The van der Waals surface area contributed by atoms with E-state index in [0.29, 0.717) is 31.5 Å². The number of carbonyl (C=O) groups excluding carboxylic acids is 3. The highest BCUT2D eigenvalue weighted by molar-refractivity contribution is 9.09. The number of anilines is 1. The minimum atomic E-state index is -1.10. The first kappa shape index (κ1) is 26.1. The molecule has 2 aromatic carbocycles. The van der Waals surface area contributed by atoms with Crippen LogP contribution in [0.1, 0.15) is 39.0 Å². The second kappa shape index (κ2) is 10.7. The number of fused-ring (bicyclic) bond motifs is 2. The maximum atomic E-state index is 13.9. The Balaban J connectivity index is 1.45. The van der Waals surface area contributed by atoms with E-state index >= 15 is 0 Å². The molecule has 0 aliphatic carbocycles. The van der Waals surface area contributed by atoms with Gasteiger partial charge in [-0.25, -0.2) is 0 Å². The fourth-order valence-electron chi connectivity index (χ4n) is 6.40. The van der Waals surface area contributed by atoms with Crippen LogP contribution >= 0.6 is 15.9 Å². The Bertz CT molecular complexity index is 1190. The van der Waals surface area contributed by atoms with Gasteiger partial charge < -0.3 is 24.8 Å². The number of benzene rings is 2. The van der Waals surface area contributed by atoms with Crippen molar-refractivity contribution in [2.45, 2.75) is 61.6 Å². The number of rotatable bonds is 10. The molecule has 1 unspecified atom stereocenters. The average molecular weight is 573 g/mol. The number of likely N-dealkylation sites (tertiary alicyclic amines) is 1. The molecule has 198 valence electrons. The number of alkyl halides is 1. The summed E-state index contributed by atoms with van der Waals surface area (Å²) >= 11 is 3.66. The van der Waals surface area contributed by atoms with Gasteiger partial charge in [0.1, 0.15) is 11.6 Å². The molecule has 0 aromatic heterocycles. The summed E-state index contributed by atoms with van der Waals surface area (Å²) in [6, 6.07) is 12.8. The van der Waals surface area contributed by atoms with E-state index < -0.39 is 35.6 Å². The van der Waals surface area contributed by atoms with Crippen LogP contribution in [0.3, 0.4) is 0 Å². The number of aliphatic hydroxyl groups excluding tert-OH is 1. The first-order chi connectivity index (χ1) is 17.9. The van der Waals surface area contributed by atoms with E-state index in [1.807, 2.05) is 42.5 Å². The van der Waals surface area contributed by atoms with E-state index in [1.165, 1.54) is 0 Å². The van der Waals surface area contributed by atoms with Crippen LogP contribution in [0.4, 0.5) is 5.69 Å². The van der Waals surface area contributed by atoms with Gasteiger partial charge in [0.15, 0.2) is 0 Å². The van der Waals surface area contributed by atoms with Gasteiger partial charge in [0.25, 0.3) is 0 Å². The van der Waals surface area contributed by atoms with Crippen LogP contribution in [0, 0.1) is 11.8 Å². The molecule has 3 heterocycles. The number of esters is 1. The lowest BCUT2D eigenvalue weighted by molar-refractivity contribution is -0.154.